The van der Waals surface area contributed by atoms with Crippen molar-refractivity contribution in [1.29, 1.82) is 0 Å². The third-order valence-corrected chi connectivity index (χ3v) is 1.39. The second-order valence-corrected chi connectivity index (χ2v) is 2.18. The molecule has 4 nitrogen and oxygen atoms in total. The van der Waals surface area contributed by atoms with Crippen LogP contribution in [0, 0.1) is 0 Å². The Bertz CT molecular complexity index is 111. The molecule has 0 aromatic heterocycles. The maximum atomic E-state index is 11.0. The van der Waals surface area contributed by atoms with Gasteiger partial charge >= 0.3 is 0 Å². The van der Waals surface area contributed by atoms with Crippen molar-refractivity contribution in [2.24, 2.45) is 0 Å². The van der Waals surface area contributed by atoms with Gasteiger partial charge in [-0.1, -0.05) is 14.4 Å². The Labute approximate surface area is 73.8 Å². The zero-order valence-corrected chi connectivity index (χ0v) is 6.79. The summed E-state index contributed by atoms with van der Waals surface area (Å²) in [5.41, 5.74) is 0. The number of rotatable bonds is 5. The van der Waals surface area contributed by atoms with Gasteiger partial charge in [-0.2, -0.15) is 0 Å². The van der Waals surface area contributed by atoms with Crippen LogP contribution in [0.15, 0.2) is 0 Å². The lowest BCUT2D eigenvalue weighted by atomic mass is 10.4. The van der Waals surface area contributed by atoms with Gasteiger partial charge in [-0.15, -0.1) is 0 Å². The van der Waals surface area contributed by atoms with Crippen LogP contribution in [0.4, 0.5) is 0 Å². The monoisotopic (exact) mass is 177 g/mol. The van der Waals surface area contributed by atoms with Crippen LogP contribution in [0.25, 0.3) is 0 Å². The molecule has 1 amide bonds. The van der Waals surface area contributed by atoms with E-state index in [-0.39, 0.29) is 26.5 Å². The Morgan fingerprint density at radius 3 is 1.92 bits per heavy atom. The summed E-state index contributed by atoms with van der Waals surface area (Å²) in [7, 11) is 0. The number of hydrogen-bond acceptors (Lipinski definition) is 3. The molecule has 0 fully saturated rings. The van der Waals surface area contributed by atoms with Crippen LogP contribution in [-0.2, 0) is 4.79 Å². The van der Waals surface area contributed by atoms with E-state index in [0.717, 1.165) is 0 Å². The smallest absolute Gasteiger partial charge is 0.222 e. The molecule has 74 valence electrons. The molecule has 0 rings (SSSR count). The number of amides is 1. The minimum Gasteiger partial charge on any atom is -0.395 e. The normalized spacial score (nSPS) is 8.92. The van der Waals surface area contributed by atoms with Crippen LogP contribution in [-0.4, -0.2) is 47.3 Å². The van der Waals surface area contributed by atoms with Crippen LogP contribution in [0.3, 0.4) is 0 Å². The minimum atomic E-state index is -0.0499. The van der Waals surface area contributed by atoms with E-state index in [1.165, 1.54) is 4.90 Å². The highest BCUT2D eigenvalue weighted by molar-refractivity contribution is 5.75. The molecule has 0 saturated heterocycles. The van der Waals surface area contributed by atoms with Gasteiger partial charge in [-0.3, -0.25) is 4.79 Å². The van der Waals surface area contributed by atoms with Crippen molar-refractivity contribution in [2.75, 3.05) is 26.3 Å². The van der Waals surface area contributed by atoms with E-state index in [4.69, 9.17) is 10.2 Å². The van der Waals surface area contributed by atoms with Gasteiger partial charge in [-0.05, 0) is 0 Å². The molecule has 0 atom stereocenters. The van der Waals surface area contributed by atoms with Crippen LogP contribution in [0.2, 0.25) is 0 Å². The highest BCUT2D eigenvalue weighted by atomic mass is 16.3. The SMILES string of the molecule is C.CCC(=O)N(CCO)CCO. The molecular weight excluding hydrogens is 158 g/mol. The van der Waals surface area contributed by atoms with E-state index in [1.807, 2.05) is 0 Å². The highest BCUT2D eigenvalue weighted by Gasteiger charge is 2.08. The Balaban J connectivity index is 0. The molecule has 0 aliphatic rings. The predicted octanol–water partition coefficient (Wildman–Crippen LogP) is -0.154. The first-order chi connectivity index (χ1) is 5.26. The summed E-state index contributed by atoms with van der Waals surface area (Å²) in [4.78, 5) is 12.4. The number of carbonyl (C=O) groups excluding carboxylic acids is 1. The van der Waals surface area contributed by atoms with E-state index in [2.05, 4.69) is 0 Å². The first-order valence-corrected chi connectivity index (χ1v) is 3.75. The third kappa shape index (κ3) is 5.09. The summed E-state index contributed by atoms with van der Waals surface area (Å²) >= 11 is 0. The predicted molar refractivity (Wildman–Crippen MR) is 47.8 cm³/mol. The van der Waals surface area contributed by atoms with Crippen molar-refractivity contribution >= 4 is 5.91 Å². The standard InChI is InChI=1S/C7H15NO3.CH4/c1-2-7(11)8(3-5-9)4-6-10;/h9-10H,2-6H2,1H3;1H4. The Morgan fingerprint density at radius 2 is 1.67 bits per heavy atom. The molecule has 0 bridgehead atoms. The molecule has 0 aromatic rings. The first-order valence-electron chi connectivity index (χ1n) is 3.75. The average Bonchev–Trinajstić information content (AvgIpc) is 2.03. The van der Waals surface area contributed by atoms with Crippen molar-refractivity contribution in [1.82, 2.24) is 4.90 Å². The van der Waals surface area contributed by atoms with Gasteiger partial charge < -0.3 is 15.1 Å². The summed E-state index contributed by atoms with van der Waals surface area (Å²) < 4.78 is 0. The topological polar surface area (TPSA) is 60.8 Å². The number of carbonyl (C=O) groups is 1. The summed E-state index contributed by atoms with van der Waals surface area (Å²) in [6, 6.07) is 0. The summed E-state index contributed by atoms with van der Waals surface area (Å²) in [5, 5.41) is 17.1. The fraction of sp³-hybridized carbons (Fsp3) is 0.875. The molecule has 12 heavy (non-hydrogen) atoms. The Kier molecular flexibility index (Phi) is 9.86. The maximum Gasteiger partial charge on any atom is 0.222 e. The van der Waals surface area contributed by atoms with Gasteiger partial charge in [0, 0.05) is 19.5 Å². The molecule has 0 heterocycles. The third-order valence-electron chi connectivity index (χ3n) is 1.39. The molecule has 0 radical (unpaired) electrons. The lowest BCUT2D eigenvalue weighted by Gasteiger charge is -2.19. The van der Waals surface area contributed by atoms with Crippen molar-refractivity contribution in [2.45, 2.75) is 20.8 Å². The zero-order valence-electron chi connectivity index (χ0n) is 6.79. The van der Waals surface area contributed by atoms with Gasteiger partial charge in [0.05, 0.1) is 13.2 Å². The van der Waals surface area contributed by atoms with E-state index in [1.54, 1.807) is 6.92 Å². The molecule has 0 aliphatic heterocycles. The Hall–Kier alpha value is -0.610. The quantitative estimate of drug-likeness (QED) is 0.613. The summed E-state index contributed by atoms with van der Waals surface area (Å²) in [6.07, 6.45) is 0.417. The first kappa shape index (κ1) is 13.9. The zero-order chi connectivity index (χ0) is 8.69. The minimum absolute atomic E-state index is 0. The van der Waals surface area contributed by atoms with Gasteiger partial charge in [-0.25, -0.2) is 0 Å². The van der Waals surface area contributed by atoms with Crippen LogP contribution in [0.5, 0.6) is 0 Å². The van der Waals surface area contributed by atoms with E-state index in [9.17, 15) is 4.79 Å². The van der Waals surface area contributed by atoms with Crippen LogP contribution in [0.1, 0.15) is 20.8 Å². The van der Waals surface area contributed by atoms with Crippen LogP contribution < -0.4 is 0 Å². The Morgan fingerprint density at radius 1 is 1.25 bits per heavy atom. The van der Waals surface area contributed by atoms with Crippen molar-refractivity contribution in [3.05, 3.63) is 0 Å². The molecule has 2 N–H and O–H groups in total. The van der Waals surface area contributed by atoms with Gasteiger partial charge in [0.1, 0.15) is 0 Å². The summed E-state index contributed by atoms with van der Waals surface area (Å²) in [6.45, 7) is 2.28. The van der Waals surface area contributed by atoms with Gasteiger partial charge in [0.2, 0.25) is 5.91 Å². The fourth-order valence-corrected chi connectivity index (χ4v) is 0.826. The summed E-state index contributed by atoms with van der Waals surface area (Å²) in [5.74, 6) is -0.0342. The van der Waals surface area contributed by atoms with Crippen LogP contribution >= 0.6 is 0 Å². The number of aliphatic hydroxyl groups excluding tert-OH is 2. The van der Waals surface area contributed by atoms with Gasteiger partial charge in [0.25, 0.3) is 0 Å². The molecule has 0 aromatic carbocycles. The average molecular weight is 177 g/mol. The molecule has 0 spiro atoms. The second-order valence-electron chi connectivity index (χ2n) is 2.18. The maximum absolute atomic E-state index is 11.0. The molecule has 4 heteroatoms. The molecular formula is C8H19NO3. The fourth-order valence-electron chi connectivity index (χ4n) is 0.826. The number of aliphatic hydroxyl groups is 2. The number of nitrogens with zero attached hydrogens (tertiary/aromatic N) is 1. The lowest BCUT2D eigenvalue weighted by Crippen LogP contribution is -2.35. The molecule has 0 saturated carbocycles. The van der Waals surface area contributed by atoms with Crippen molar-refractivity contribution < 1.29 is 15.0 Å². The number of hydrogen-bond donors (Lipinski definition) is 2. The molecule has 0 unspecified atom stereocenters. The van der Waals surface area contributed by atoms with Gasteiger partial charge in [0.15, 0.2) is 0 Å². The van der Waals surface area contributed by atoms with Crippen molar-refractivity contribution in [3.8, 4) is 0 Å². The lowest BCUT2D eigenvalue weighted by molar-refractivity contribution is -0.131. The second kappa shape index (κ2) is 8.49. The highest BCUT2D eigenvalue weighted by Crippen LogP contribution is 1.91. The largest absolute Gasteiger partial charge is 0.395 e. The van der Waals surface area contributed by atoms with E-state index < -0.39 is 0 Å². The van der Waals surface area contributed by atoms with E-state index >= 15 is 0 Å². The van der Waals surface area contributed by atoms with E-state index in [0.29, 0.717) is 19.5 Å². The molecule has 0 aliphatic carbocycles. The van der Waals surface area contributed by atoms with Crippen molar-refractivity contribution in [3.63, 3.8) is 0 Å².